The number of halogens is 1. The predicted octanol–water partition coefficient (Wildman–Crippen LogP) is 2.98. The Morgan fingerprint density at radius 3 is 2.80 bits per heavy atom. The summed E-state index contributed by atoms with van der Waals surface area (Å²) >= 11 is 6.14. The van der Waals surface area contributed by atoms with Crippen LogP contribution in [0.1, 0.15) is 35.1 Å². The van der Waals surface area contributed by atoms with Crippen LogP contribution in [0.25, 0.3) is 11.0 Å². The Hall–Kier alpha value is -2.34. The SMILES string of the molecule is Cn1cc(Cl)c(C(=O)N2CCCC(c3nc4ccccc4n3C)C2)n1. The molecule has 0 spiro atoms. The first-order chi connectivity index (χ1) is 12.0. The fourth-order valence-electron chi connectivity index (χ4n) is 3.66. The lowest BCUT2D eigenvalue weighted by Crippen LogP contribution is -2.40. The Kier molecular flexibility index (Phi) is 4.00. The van der Waals surface area contributed by atoms with Gasteiger partial charge in [-0.05, 0) is 25.0 Å². The standard InChI is InChI=1S/C18H20ClN5O/c1-22-11-13(19)16(21-22)18(25)24-9-5-6-12(10-24)17-20-14-7-3-4-8-15(14)23(17)2/h3-4,7-8,11-12H,5-6,9-10H2,1-2H3. The molecule has 1 amide bonds. The molecule has 25 heavy (non-hydrogen) atoms. The number of aromatic nitrogens is 4. The molecule has 1 unspecified atom stereocenters. The van der Waals surface area contributed by atoms with Crippen molar-refractivity contribution >= 4 is 28.5 Å². The summed E-state index contributed by atoms with van der Waals surface area (Å²) in [7, 11) is 3.81. The van der Waals surface area contributed by atoms with Crippen LogP contribution in [0.5, 0.6) is 0 Å². The van der Waals surface area contributed by atoms with Gasteiger partial charge in [0.25, 0.3) is 5.91 Å². The van der Waals surface area contributed by atoms with Crippen LogP contribution in [0.15, 0.2) is 30.5 Å². The number of aryl methyl sites for hydroxylation is 2. The van der Waals surface area contributed by atoms with E-state index in [4.69, 9.17) is 16.6 Å². The third-order valence-corrected chi connectivity index (χ3v) is 5.16. The second kappa shape index (κ2) is 6.19. The number of benzene rings is 1. The monoisotopic (exact) mass is 357 g/mol. The van der Waals surface area contributed by atoms with Crippen LogP contribution < -0.4 is 0 Å². The zero-order chi connectivity index (χ0) is 17.6. The van der Waals surface area contributed by atoms with E-state index < -0.39 is 0 Å². The first kappa shape index (κ1) is 16.1. The number of piperidine rings is 1. The maximum atomic E-state index is 12.8. The van der Waals surface area contributed by atoms with E-state index in [0.29, 0.717) is 17.3 Å². The molecular weight excluding hydrogens is 338 g/mol. The molecule has 6 nitrogen and oxygen atoms in total. The van der Waals surface area contributed by atoms with Crippen molar-refractivity contribution in [1.29, 1.82) is 0 Å². The molecule has 130 valence electrons. The highest BCUT2D eigenvalue weighted by molar-refractivity contribution is 6.33. The topological polar surface area (TPSA) is 56.0 Å². The van der Waals surface area contributed by atoms with Gasteiger partial charge >= 0.3 is 0 Å². The van der Waals surface area contributed by atoms with Gasteiger partial charge in [0.05, 0.1) is 16.1 Å². The number of para-hydroxylation sites is 2. The number of likely N-dealkylation sites (tertiary alicyclic amines) is 1. The highest BCUT2D eigenvalue weighted by Crippen LogP contribution is 2.29. The summed E-state index contributed by atoms with van der Waals surface area (Å²) in [6, 6.07) is 8.12. The van der Waals surface area contributed by atoms with Gasteiger partial charge in [0, 0.05) is 39.3 Å². The molecule has 1 saturated heterocycles. The second-order valence-electron chi connectivity index (χ2n) is 6.61. The number of carbonyl (C=O) groups is 1. The van der Waals surface area contributed by atoms with Gasteiger partial charge in [-0.3, -0.25) is 9.48 Å². The fraction of sp³-hybridized carbons (Fsp3) is 0.389. The van der Waals surface area contributed by atoms with Gasteiger partial charge in [-0.15, -0.1) is 0 Å². The van der Waals surface area contributed by atoms with Crippen LogP contribution in [0.4, 0.5) is 0 Å². The van der Waals surface area contributed by atoms with Gasteiger partial charge in [0.2, 0.25) is 0 Å². The molecule has 1 fully saturated rings. The number of nitrogens with zero attached hydrogens (tertiary/aromatic N) is 5. The quantitative estimate of drug-likeness (QED) is 0.708. The van der Waals surface area contributed by atoms with Gasteiger partial charge in [0.15, 0.2) is 5.69 Å². The van der Waals surface area contributed by atoms with Crippen molar-refractivity contribution < 1.29 is 4.79 Å². The van der Waals surface area contributed by atoms with Crippen molar-refractivity contribution in [3.05, 3.63) is 47.0 Å². The molecule has 2 aromatic heterocycles. The maximum absolute atomic E-state index is 12.8. The first-order valence-corrected chi connectivity index (χ1v) is 8.82. The number of imidazole rings is 1. The molecule has 1 aromatic carbocycles. The van der Waals surface area contributed by atoms with Crippen molar-refractivity contribution in [2.75, 3.05) is 13.1 Å². The molecule has 3 heterocycles. The molecule has 0 bridgehead atoms. The molecule has 0 radical (unpaired) electrons. The summed E-state index contributed by atoms with van der Waals surface area (Å²) in [5, 5.41) is 4.61. The van der Waals surface area contributed by atoms with Crippen LogP contribution >= 0.6 is 11.6 Å². The second-order valence-corrected chi connectivity index (χ2v) is 7.01. The maximum Gasteiger partial charge on any atom is 0.275 e. The Morgan fingerprint density at radius 1 is 1.28 bits per heavy atom. The number of rotatable bonds is 2. The van der Waals surface area contributed by atoms with Crippen LogP contribution in [0, 0.1) is 0 Å². The highest BCUT2D eigenvalue weighted by Gasteiger charge is 2.30. The Bertz CT molecular complexity index is 944. The molecule has 7 heteroatoms. The normalized spacial score (nSPS) is 18.0. The zero-order valence-corrected chi connectivity index (χ0v) is 15.1. The van der Waals surface area contributed by atoms with E-state index in [1.807, 2.05) is 30.1 Å². The van der Waals surface area contributed by atoms with Gasteiger partial charge in [-0.25, -0.2) is 4.98 Å². The van der Waals surface area contributed by atoms with E-state index in [1.165, 1.54) is 0 Å². The summed E-state index contributed by atoms with van der Waals surface area (Å²) in [5.41, 5.74) is 2.44. The number of carbonyl (C=O) groups excluding carboxylic acids is 1. The molecule has 0 N–H and O–H groups in total. The van der Waals surface area contributed by atoms with Gasteiger partial charge in [-0.2, -0.15) is 5.10 Å². The Labute approximate surface area is 151 Å². The lowest BCUT2D eigenvalue weighted by molar-refractivity contribution is 0.0697. The van der Waals surface area contributed by atoms with Crippen LogP contribution in [0.3, 0.4) is 0 Å². The molecule has 0 aliphatic carbocycles. The van der Waals surface area contributed by atoms with E-state index in [0.717, 1.165) is 36.2 Å². The average Bonchev–Trinajstić information content (AvgIpc) is 3.14. The van der Waals surface area contributed by atoms with Crippen molar-refractivity contribution in [3.8, 4) is 0 Å². The molecule has 1 aliphatic rings. The molecule has 4 rings (SSSR count). The smallest absolute Gasteiger partial charge is 0.275 e. The molecule has 1 aliphatic heterocycles. The number of hydrogen-bond acceptors (Lipinski definition) is 3. The van der Waals surface area contributed by atoms with Crippen molar-refractivity contribution in [2.24, 2.45) is 14.1 Å². The highest BCUT2D eigenvalue weighted by atomic mass is 35.5. The van der Waals surface area contributed by atoms with E-state index in [-0.39, 0.29) is 11.8 Å². The van der Waals surface area contributed by atoms with E-state index in [9.17, 15) is 4.79 Å². The molecule has 3 aromatic rings. The Morgan fingerprint density at radius 2 is 2.08 bits per heavy atom. The Balaban J connectivity index is 1.61. The number of amides is 1. The minimum Gasteiger partial charge on any atom is -0.336 e. The molecule has 1 atom stereocenters. The van der Waals surface area contributed by atoms with Crippen molar-refractivity contribution in [3.63, 3.8) is 0 Å². The number of fused-ring (bicyclic) bond motifs is 1. The summed E-state index contributed by atoms with van der Waals surface area (Å²) in [6.07, 6.45) is 3.63. The van der Waals surface area contributed by atoms with E-state index >= 15 is 0 Å². The van der Waals surface area contributed by atoms with Crippen LogP contribution in [0.2, 0.25) is 5.02 Å². The summed E-state index contributed by atoms with van der Waals surface area (Å²) in [5.74, 6) is 1.15. The largest absolute Gasteiger partial charge is 0.336 e. The minimum absolute atomic E-state index is 0.103. The van der Waals surface area contributed by atoms with Crippen molar-refractivity contribution in [2.45, 2.75) is 18.8 Å². The van der Waals surface area contributed by atoms with Crippen LogP contribution in [-0.4, -0.2) is 43.2 Å². The fourth-order valence-corrected chi connectivity index (χ4v) is 3.92. The van der Waals surface area contributed by atoms with Gasteiger partial charge in [0.1, 0.15) is 5.82 Å². The third kappa shape index (κ3) is 2.80. The van der Waals surface area contributed by atoms with E-state index in [1.54, 1.807) is 17.9 Å². The lowest BCUT2D eigenvalue weighted by Gasteiger charge is -2.32. The third-order valence-electron chi connectivity index (χ3n) is 4.88. The predicted molar refractivity (Wildman–Crippen MR) is 96.8 cm³/mol. The van der Waals surface area contributed by atoms with Gasteiger partial charge in [-0.1, -0.05) is 23.7 Å². The summed E-state index contributed by atoms with van der Waals surface area (Å²) < 4.78 is 3.71. The van der Waals surface area contributed by atoms with Gasteiger partial charge < -0.3 is 9.47 Å². The molecule has 0 saturated carbocycles. The van der Waals surface area contributed by atoms with E-state index in [2.05, 4.69) is 15.7 Å². The minimum atomic E-state index is -0.103. The first-order valence-electron chi connectivity index (χ1n) is 8.44. The zero-order valence-electron chi connectivity index (χ0n) is 14.3. The number of hydrogen-bond donors (Lipinski definition) is 0. The van der Waals surface area contributed by atoms with Crippen LogP contribution in [-0.2, 0) is 14.1 Å². The summed E-state index contributed by atoms with van der Waals surface area (Å²) in [4.78, 5) is 19.5. The summed E-state index contributed by atoms with van der Waals surface area (Å²) in [6.45, 7) is 1.37. The molecular formula is C18H20ClN5O. The average molecular weight is 358 g/mol. The lowest BCUT2D eigenvalue weighted by atomic mass is 9.97. The van der Waals surface area contributed by atoms with Crippen molar-refractivity contribution in [1.82, 2.24) is 24.2 Å².